The molecule has 4 heteroatoms. The number of aromatic nitrogens is 2. The third-order valence-corrected chi connectivity index (χ3v) is 2.93. The molecule has 0 bridgehead atoms. The maximum absolute atomic E-state index is 6.12. The molecule has 2 rings (SSSR count). The summed E-state index contributed by atoms with van der Waals surface area (Å²) in [6, 6.07) is 3.92. The van der Waals surface area contributed by atoms with Crippen molar-refractivity contribution in [2.24, 2.45) is 7.05 Å². The zero-order chi connectivity index (χ0) is 11.2. The minimum absolute atomic E-state index is 0.430. The summed E-state index contributed by atoms with van der Waals surface area (Å²) in [6.07, 6.45) is 0. The van der Waals surface area contributed by atoms with Gasteiger partial charge in [0.15, 0.2) is 5.82 Å². The minimum Gasteiger partial charge on any atom is -0.382 e. The Balaban J connectivity index is 2.92. The van der Waals surface area contributed by atoms with Gasteiger partial charge in [0.05, 0.1) is 15.9 Å². The van der Waals surface area contributed by atoms with Crippen LogP contribution in [0.1, 0.15) is 25.3 Å². The SMILES string of the molecule is CC(C)c1ccc(Cl)c2c(N)nn(C)c12. The van der Waals surface area contributed by atoms with Gasteiger partial charge in [-0.05, 0) is 17.5 Å². The van der Waals surface area contributed by atoms with E-state index in [9.17, 15) is 0 Å². The molecule has 0 fully saturated rings. The molecular formula is C11H14ClN3. The Morgan fingerprint density at radius 1 is 1.40 bits per heavy atom. The molecule has 0 aliphatic carbocycles. The zero-order valence-corrected chi connectivity index (χ0v) is 9.84. The van der Waals surface area contributed by atoms with Crippen molar-refractivity contribution in [2.45, 2.75) is 19.8 Å². The lowest BCUT2D eigenvalue weighted by Gasteiger charge is -2.09. The van der Waals surface area contributed by atoms with Crippen LogP contribution in [0, 0.1) is 0 Å². The first-order valence-electron chi connectivity index (χ1n) is 4.93. The highest BCUT2D eigenvalue weighted by atomic mass is 35.5. The summed E-state index contributed by atoms with van der Waals surface area (Å²) in [7, 11) is 1.89. The van der Waals surface area contributed by atoms with Crippen molar-refractivity contribution in [3.8, 4) is 0 Å². The van der Waals surface area contributed by atoms with Crippen LogP contribution in [0.2, 0.25) is 5.02 Å². The number of aryl methyl sites for hydroxylation is 1. The van der Waals surface area contributed by atoms with E-state index in [0.717, 1.165) is 10.9 Å². The standard InChI is InChI=1S/C11H14ClN3/c1-6(2)7-4-5-8(12)9-10(7)15(3)14-11(9)13/h4-6H,1-3H3,(H2,13,14). The topological polar surface area (TPSA) is 43.8 Å². The van der Waals surface area contributed by atoms with Gasteiger partial charge in [-0.2, -0.15) is 5.10 Å². The lowest BCUT2D eigenvalue weighted by molar-refractivity contribution is 0.783. The molecule has 0 spiro atoms. The van der Waals surface area contributed by atoms with E-state index >= 15 is 0 Å². The van der Waals surface area contributed by atoms with Crippen molar-refractivity contribution < 1.29 is 0 Å². The summed E-state index contributed by atoms with van der Waals surface area (Å²) in [5.74, 6) is 0.930. The average Bonchev–Trinajstić information content (AvgIpc) is 2.43. The lowest BCUT2D eigenvalue weighted by Crippen LogP contribution is -1.96. The summed E-state index contributed by atoms with van der Waals surface area (Å²) < 4.78 is 1.80. The predicted octanol–water partition coefficient (Wildman–Crippen LogP) is 2.93. The highest BCUT2D eigenvalue weighted by Crippen LogP contribution is 2.33. The molecule has 80 valence electrons. The molecule has 1 aromatic heterocycles. The summed E-state index contributed by atoms with van der Waals surface area (Å²) in [4.78, 5) is 0. The van der Waals surface area contributed by atoms with Gasteiger partial charge >= 0.3 is 0 Å². The minimum atomic E-state index is 0.430. The maximum atomic E-state index is 6.12. The van der Waals surface area contributed by atoms with Crippen LogP contribution in [0.15, 0.2) is 12.1 Å². The van der Waals surface area contributed by atoms with E-state index in [4.69, 9.17) is 17.3 Å². The monoisotopic (exact) mass is 223 g/mol. The Hall–Kier alpha value is -1.22. The van der Waals surface area contributed by atoms with Crippen LogP contribution in [-0.4, -0.2) is 9.78 Å². The number of hydrogen-bond acceptors (Lipinski definition) is 2. The Morgan fingerprint density at radius 3 is 2.67 bits per heavy atom. The molecule has 0 atom stereocenters. The third-order valence-electron chi connectivity index (χ3n) is 2.62. The first kappa shape index (κ1) is 10.3. The Kier molecular flexibility index (Phi) is 2.35. The summed E-state index contributed by atoms with van der Waals surface area (Å²) in [6.45, 7) is 4.29. The largest absolute Gasteiger partial charge is 0.382 e. The van der Waals surface area contributed by atoms with Gasteiger partial charge in [-0.1, -0.05) is 31.5 Å². The molecule has 1 aromatic carbocycles. The van der Waals surface area contributed by atoms with Gasteiger partial charge < -0.3 is 5.73 Å². The molecule has 15 heavy (non-hydrogen) atoms. The van der Waals surface area contributed by atoms with Crippen LogP contribution < -0.4 is 5.73 Å². The Labute approximate surface area is 93.8 Å². The van der Waals surface area contributed by atoms with Crippen LogP contribution in [0.3, 0.4) is 0 Å². The third kappa shape index (κ3) is 1.47. The van der Waals surface area contributed by atoms with E-state index < -0.39 is 0 Å². The molecule has 0 aliphatic heterocycles. The van der Waals surface area contributed by atoms with Crippen molar-refractivity contribution >= 4 is 28.3 Å². The zero-order valence-electron chi connectivity index (χ0n) is 9.08. The molecule has 1 heterocycles. The highest BCUT2D eigenvalue weighted by Gasteiger charge is 2.15. The molecule has 0 aliphatic rings. The fraction of sp³-hybridized carbons (Fsp3) is 0.364. The average molecular weight is 224 g/mol. The highest BCUT2D eigenvalue weighted by molar-refractivity contribution is 6.36. The van der Waals surface area contributed by atoms with Crippen LogP contribution in [-0.2, 0) is 7.05 Å². The van der Waals surface area contributed by atoms with Gasteiger partial charge in [-0.15, -0.1) is 0 Å². The first-order chi connectivity index (χ1) is 7.02. The summed E-state index contributed by atoms with van der Waals surface area (Å²) in [5, 5.41) is 5.74. The molecule has 2 aromatic rings. The number of rotatable bonds is 1. The maximum Gasteiger partial charge on any atom is 0.154 e. The normalized spacial score (nSPS) is 11.5. The molecule has 0 amide bonds. The molecular weight excluding hydrogens is 210 g/mol. The summed E-state index contributed by atoms with van der Waals surface area (Å²) in [5.41, 5.74) is 8.09. The van der Waals surface area contributed by atoms with E-state index in [1.54, 1.807) is 4.68 Å². The molecule has 0 saturated carbocycles. The van der Waals surface area contributed by atoms with Crippen LogP contribution in [0.5, 0.6) is 0 Å². The number of nitrogens with zero attached hydrogens (tertiary/aromatic N) is 2. The number of hydrogen-bond donors (Lipinski definition) is 1. The smallest absolute Gasteiger partial charge is 0.154 e. The van der Waals surface area contributed by atoms with Gasteiger partial charge in [0.25, 0.3) is 0 Å². The first-order valence-corrected chi connectivity index (χ1v) is 5.30. The van der Waals surface area contributed by atoms with Crippen LogP contribution in [0.4, 0.5) is 5.82 Å². The van der Waals surface area contributed by atoms with E-state index in [2.05, 4.69) is 18.9 Å². The summed E-state index contributed by atoms with van der Waals surface area (Å²) >= 11 is 6.12. The quantitative estimate of drug-likeness (QED) is 0.808. The van der Waals surface area contributed by atoms with E-state index in [1.165, 1.54) is 5.56 Å². The number of nitrogens with two attached hydrogens (primary N) is 1. The molecule has 0 unspecified atom stereocenters. The van der Waals surface area contributed by atoms with Crippen molar-refractivity contribution in [1.82, 2.24) is 9.78 Å². The van der Waals surface area contributed by atoms with E-state index in [1.807, 2.05) is 19.2 Å². The Morgan fingerprint density at radius 2 is 2.07 bits per heavy atom. The van der Waals surface area contributed by atoms with Crippen molar-refractivity contribution in [1.29, 1.82) is 0 Å². The van der Waals surface area contributed by atoms with Crippen molar-refractivity contribution in [3.63, 3.8) is 0 Å². The fourth-order valence-electron chi connectivity index (χ4n) is 1.90. The van der Waals surface area contributed by atoms with Crippen molar-refractivity contribution in [3.05, 3.63) is 22.7 Å². The number of anilines is 1. The fourth-order valence-corrected chi connectivity index (χ4v) is 2.15. The molecule has 2 N–H and O–H groups in total. The molecule has 3 nitrogen and oxygen atoms in total. The van der Waals surface area contributed by atoms with E-state index in [0.29, 0.717) is 16.8 Å². The van der Waals surface area contributed by atoms with Gasteiger partial charge in [0, 0.05) is 7.05 Å². The van der Waals surface area contributed by atoms with Gasteiger partial charge in [0.2, 0.25) is 0 Å². The Bertz CT molecular complexity index is 514. The molecule has 0 saturated heterocycles. The van der Waals surface area contributed by atoms with Gasteiger partial charge in [-0.3, -0.25) is 4.68 Å². The number of nitrogen functional groups attached to an aromatic ring is 1. The number of benzene rings is 1. The number of fused-ring (bicyclic) bond motifs is 1. The van der Waals surface area contributed by atoms with Crippen molar-refractivity contribution in [2.75, 3.05) is 5.73 Å². The van der Waals surface area contributed by atoms with E-state index in [-0.39, 0.29) is 0 Å². The predicted molar refractivity (Wildman–Crippen MR) is 64.2 cm³/mol. The van der Waals surface area contributed by atoms with Crippen LogP contribution >= 0.6 is 11.6 Å². The van der Waals surface area contributed by atoms with Crippen LogP contribution in [0.25, 0.3) is 10.9 Å². The van der Waals surface area contributed by atoms with Gasteiger partial charge in [-0.25, -0.2) is 0 Å². The lowest BCUT2D eigenvalue weighted by atomic mass is 10.0. The molecule has 0 radical (unpaired) electrons. The second kappa shape index (κ2) is 3.42. The second-order valence-corrected chi connectivity index (χ2v) is 4.43. The van der Waals surface area contributed by atoms with Gasteiger partial charge in [0.1, 0.15) is 0 Å². The second-order valence-electron chi connectivity index (χ2n) is 4.02. The number of halogens is 1.